The van der Waals surface area contributed by atoms with E-state index in [0.717, 1.165) is 38.1 Å². The van der Waals surface area contributed by atoms with Crippen molar-refractivity contribution in [3.8, 4) is 0 Å². The fourth-order valence-electron chi connectivity index (χ4n) is 3.15. The lowest BCUT2D eigenvalue weighted by atomic mass is 9.92. The first-order valence-electron chi connectivity index (χ1n) is 8.67. The van der Waals surface area contributed by atoms with Crippen LogP contribution in [-0.2, 0) is 4.74 Å². The van der Waals surface area contributed by atoms with Crippen molar-refractivity contribution in [2.75, 3.05) is 32.8 Å². The summed E-state index contributed by atoms with van der Waals surface area (Å²) in [4.78, 5) is 2.67. The van der Waals surface area contributed by atoms with Gasteiger partial charge < -0.3 is 10.1 Å². The molecule has 0 aromatic rings. The Labute approximate surface area is 125 Å². The Bertz CT molecular complexity index is 278. The Kier molecular flexibility index (Phi) is 6.31. The molecule has 2 rings (SSSR count). The lowest BCUT2D eigenvalue weighted by molar-refractivity contribution is 0.0394. The summed E-state index contributed by atoms with van der Waals surface area (Å²) in [7, 11) is 0. The fraction of sp³-hybridized carbons (Fsp3) is 1.00. The van der Waals surface area contributed by atoms with Crippen molar-refractivity contribution in [3.63, 3.8) is 0 Å². The summed E-state index contributed by atoms with van der Waals surface area (Å²) in [5, 5.41) is 3.77. The molecule has 0 spiro atoms. The van der Waals surface area contributed by atoms with Gasteiger partial charge in [0.25, 0.3) is 0 Å². The highest BCUT2D eigenvalue weighted by Gasteiger charge is 2.31. The predicted octanol–water partition coefficient (Wildman–Crippen LogP) is 2.76. The van der Waals surface area contributed by atoms with Crippen LogP contribution in [0.5, 0.6) is 0 Å². The van der Waals surface area contributed by atoms with Crippen LogP contribution in [0.3, 0.4) is 0 Å². The Morgan fingerprint density at radius 2 is 2.00 bits per heavy atom. The molecule has 0 aromatic carbocycles. The van der Waals surface area contributed by atoms with Gasteiger partial charge in [0.05, 0.1) is 6.61 Å². The molecule has 1 heterocycles. The second kappa shape index (κ2) is 7.77. The first kappa shape index (κ1) is 16.3. The zero-order valence-corrected chi connectivity index (χ0v) is 13.9. The van der Waals surface area contributed by atoms with E-state index in [9.17, 15) is 0 Å². The van der Waals surface area contributed by atoms with Gasteiger partial charge in [0.1, 0.15) is 0 Å². The molecular weight excluding hydrogens is 248 g/mol. The number of hydrogen-bond donors (Lipinski definition) is 1. The maximum atomic E-state index is 5.85. The number of piperazine rings is 1. The molecular formula is C17H34N2O. The molecule has 3 nitrogen and oxygen atoms in total. The van der Waals surface area contributed by atoms with Crippen molar-refractivity contribution < 1.29 is 4.74 Å². The maximum Gasteiger partial charge on any atom is 0.0593 e. The first-order valence-corrected chi connectivity index (χ1v) is 8.67. The van der Waals surface area contributed by atoms with Gasteiger partial charge in [0.2, 0.25) is 0 Å². The van der Waals surface area contributed by atoms with Gasteiger partial charge in [-0.1, -0.05) is 34.1 Å². The van der Waals surface area contributed by atoms with Gasteiger partial charge >= 0.3 is 0 Å². The minimum absolute atomic E-state index is 0.651. The normalized spacial score (nSPS) is 29.9. The van der Waals surface area contributed by atoms with Crippen LogP contribution in [0.15, 0.2) is 0 Å². The van der Waals surface area contributed by atoms with Gasteiger partial charge in [-0.2, -0.15) is 0 Å². The largest absolute Gasteiger partial charge is 0.380 e. The summed E-state index contributed by atoms with van der Waals surface area (Å²) in [6.07, 6.45) is 4.03. The average Bonchev–Trinajstić information content (AvgIpc) is 3.26. The highest BCUT2D eigenvalue weighted by Crippen LogP contribution is 2.28. The summed E-state index contributed by atoms with van der Waals surface area (Å²) in [6, 6.07) is 1.32. The van der Waals surface area contributed by atoms with Gasteiger partial charge in [-0.3, -0.25) is 4.90 Å². The smallest absolute Gasteiger partial charge is 0.0593 e. The molecule has 3 atom stereocenters. The number of nitrogens with zero attached hydrogens (tertiary/aromatic N) is 1. The van der Waals surface area contributed by atoms with Crippen LogP contribution in [0.25, 0.3) is 0 Å². The molecule has 1 N–H and O–H groups in total. The summed E-state index contributed by atoms with van der Waals surface area (Å²) in [6.45, 7) is 14.7. The highest BCUT2D eigenvalue weighted by molar-refractivity contribution is 4.89. The van der Waals surface area contributed by atoms with Crippen LogP contribution < -0.4 is 5.32 Å². The van der Waals surface area contributed by atoms with E-state index in [0.29, 0.717) is 18.0 Å². The van der Waals surface area contributed by atoms with E-state index in [-0.39, 0.29) is 0 Å². The van der Waals surface area contributed by atoms with Gasteiger partial charge in [-0.25, -0.2) is 0 Å². The van der Waals surface area contributed by atoms with E-state index >= 15 is 0 Å². The second-order valence-electron chi connectivity index (χ2n) is 7.22. The van der Waals surface area contributed by atoms with E-state index < -0.39 is 0 Å². The van der Waals surface area contributed by atoms with Crippen molar-refractivity contribution in [2.24, 2.45) is 17.8 Å². The van der Waals surface area contributed by atoms with E-state index in [1.54, 1.807) is 0 Å². The lowest BCUT2D eigenvalue weighted by Gasteiger charge is -2.44. The Morgan fingerprint density at radius 1 is 1.25 bits per heavy atom. The third-order valence-electron chi connectivity index (χ3n) is 5.16. The third kappa shape index (κ3) is 4.71. The molecule has 118 valence electrons. The zero-order chi connectivity index (χ0) is 14.5. The molecule has 0 radical (unpaired) electrons. The van der Waals surface area contributed by atoms with Gasteiger partial charge in [0, 0.05) is 38.3 Å². The van der Waals surface area contributed by atoms with E-state index in [2.05, 4.69) is 37.9 Å². The molecule has 3 heteroatoms. The fourth-order valence-corrected chi connectivity index (χ4v) is 3.15. The van der Waals surface area contributed by atoms with Crippen molar-refractivity contribution in [1.29, 1.82) is 0 Å². The van der Waals surface area contributed by atoms with Crippen molar-refractivity contribution in [1.82, 2.24) is 10.2 Å². The minimum atomic E-state index is 0.651. The summed E-state index contributed by atoms with van der Waals surface area (Å²) < 4.78 is 5.85. The van der Waals surface area contributed by atoms with E-state index in [1.165, 1.54) is 25.8 Å². The van der Waals surface area contributed by atoms with E-state index in [1.807, 2.05) is 0 Å². The third-order valence-corrected chi connectivity index (χ3v) is 5.16. The quantitative estimate of drug-likeness (QED) is 0.693. The average molecular weight is 282 g/mol. The monoisotopic (exact) mass is 282 g/mol. The maximum absolute atomic E-state index is 5.85. The molecule has 0 bridgehead atoms. The van der Waals surface area contributed by atoms with Crippen LogP contribution in [0.2, 0.25) is 0 Å². The topological polar surface area (TPSA) is 24.5 Å². The first-order chi connectivity index (χ1) is 9.61. The Morgan fingerprint density at radius 3 is 2.60 bits per heavy atom. The molecule has 1 aliphatic carbocycles. The number of hydrogen-bond acceptors (Lipinski definition) is 3. The van der Waals surface area contributed by atoms with E-state index in [4.69, 9.17) is 4.74 Å². The minimum Gasteiger partial charge on any atom is -0.380 e. The predicted molar refractivity (Wildman–Crippen MR) is 85.0 cm³/mol. The lowest BCUT2D eigenvalue weighted by Crippen LogP contribution is -2.60. The Balaban J connectivity index is 1.78. The summed E-state index contributed by atoms with van der Waals surface area (Å²) >= 11 is 0. The molecule has 20 heavy (non-hydrogen) atoms. The van der Waals surface area contributed by atoms with Crippen LogP contribution in [0.4, 0.5) is 0 Å². The van der Waals surface area contributed by atoms with Crippen LogP contribution in [-0.4, -0.2) is 49.8 Å². The molecule has 0 aromatic heterocycles. The number of ether oxygens (including phenoxy) is 1. The molecule has 2 fully saturated rings. The molecule has 3 unspecified atom stereocenters. The standard InChI is InChI=1S/C17H34N2O/c1-5-14(4)16-11-19(17(10-18-16)13(2)3)8-9-20-12-15-6-7-15/h13-18H,5-12H2,1-4H3. The van der Waals surface area contributed by atoms with Crippen molar-refractivity contribution in [2.45, 2.75) is 59.0 Å². The SMILES string of the molecule is CCC(C)C1CN(CCOCC2CC2)C(C(C)C)CN1. The van der Waals surface area contributed by atoms with Gasteiger partial charge in [-0.15, -0.1) is 0 Å². The molecule has 2 aliphatic rings. The van der Waals surface area contributed by atoms with Gasteiger partial charge in [0.15, 0.2) is 0 Å². The summed E-state index contributed by atoms with van der Waals surface area (Å²) in [5.74, 6) is 2.36. The van der Waals surface area contributed by atoms with Crippen LogP contribution in [0, 0.1) is 17.8 Å². The molecule has 1 saturated heterocycles. The molecule has 0 amide bonds. The van der Waals surface area contributed by atoms with Crippen molar-refractivity contribution >= 4 is 0 Å². The second-order valence-corrected chi connectivity index (χ2v) is 7.22. The van der Waals surface area contributed by atoms with Crippen molar-refractivity contribution in [3.05, 3.63) is 0 Å². The number of rotatable bonds is 8. The summed E-state index contributed by atoms with van der Waals surface area (Å²) in [5.41, 5.74) is 0. The molecule has 1 saturated carbocycles. The zero-order valence-electron chi connectivity index (χ0n) is 13.9. The highest BCUT2D eigenvalue weighted by atomic mass is 16.5. The molecule has 1 aliphatic heterocycles. The van der Waals surface area contributed by atoms with Crippen LogP contribution >= 0.6 is 0 Å². The van der Waals surface area contributed by atoms with Crippen LogP contribution in [0.1, 0.15) is 47.0 Å². The van der Waals surface area contributed by atoms with Gasteiger partial charge in [-0.05, 0) is 30.6 Å². The number of nitrogens with one attached hydrogen (secondary N) is 1. The Hall–Kier alpha value is -0.120.